The van der Waals surface area contributed by atoms with Crippen LogP contribution in [-0.4, -0.2) is 119 Å². The summed E-state index contributed by atoms with van der Waals surface area (Å²) in [5.74, 6) is -3.60. The number of nitrogens with zero attached hydrogens (tertiary/aromatic N) is 3. The van der Waals surface area contributed by atoms with Crippen molar-refractivity contribution in [1.29, 1.82) is 0 Å². The Morgan fingerprint density at radius 2 is 1.44 bits per heavy atom. The molecule has 5 heterocycles. The number of esters is 1. The molecule has 4 amide bonds. The predicted octanol–water partition coefficient (Wildman–Crippen LogP) is -0.889. The fourth-order valence-corrected chi connectivity index (χ4v) is 11.0. The van der Waals surface area contributed by atoms with Crippen LogP contribution in [0.4, 0.5) is 4.79 Å². The van der Waals surface area contributed by atoms with Gasteiger partial charge in [-0.15, -0.1) is 35.9 Å². The first-order valence-corrected chi connectivity index (χ1v) is 21.2. The van der Waals surface area contributed by atoms with Crippen molar-refractivity contribution < 1.29 is 92.4 Å². The minimum Gasteiger partial charge on any atom is -0.548 e. The van der Waals surface area contributed by atoms with Crippen LogP contribution in [0.2, 0.25) is 5.02 Å². The molecule has 342 valence electrons. The minimum atomic E-state index is -1.31. The van der Waals surface area contributed by atoms with Crippen LogP contribution in [0, 0.1) is 6.92 Å². The van der Waals surface area contributed by atoms with Gasteiger partial charge in [-0.2, -0.15) is 0 Å². The molecule has 24 heteroatoms. The molecule has 0 saturated carbocycles. The quantitative estimate of drug-likeness (QED) is 0.0910. The van der Waals surface area contributed by atoms with Crippen LogP contribution in [0.3, 0.4) is 0 Å². The number of carboxylic acid groups (broad SMARTS) is 1. The first-order valence-electron chi connectivity index (χ1n) is 19.1. The van der Waals surface area contributed by atoms with Crippen molar-refractivity contribution in [3.8, 4) is 11.3 Å². The third-order valence-corrected chi connectivity index (χ3v) is 13.9. The van der Waals surface area contributed by atoms with Gasteiger partial charge in [-0.3, -0.25) is 19.2 Å². The van der Waals surface area contributed by atoms with Crippen LogP contribution in [0.5, 0.6) is 0 Å². The maximum absolute atomic E-state index is 13.0. The Morgan fingerprint density at radius 1 is 0.906 bits per heavy atom. The van der Waals surface area contributed by atoms with Crippen molar-refractivity contribution in [3.05, 3.63) is 76.5 Å². The molecular formula is C40H47Cl2N6NaO13S2. The topological polar surface area (TPSA) is 284 Å². The molecule has 0 bridgehead atoms. The average molecular weight is 978 g/mol. The second-order valence-electron chi connectivity index (χ2n) is 15.4. The van der Waals surface area contributed by atoms with Crippen LogP contribution >= 0.6 is 47.5 Å². The standard InChI is InChI=1S/C21H27N3O7S.C19H18ClN3O5S.ClH.Na.H2O/c1-5-29-20(28)31-11(2)30-19(27)15-21(3,4)32-18-14(17(26)24(15)18)23-16(25)13(22)12-9-7-6-8-10-12;1-8-11(12(22-28-8)9-6-4-5-7-10(9)20)15(24)21-13-16(25)23-14(18(26)27)19(2,3)29-17(13)23;;;/h6-11,13-15,18H,5,22H2,1-4H3,(H,23,25);4-7,13-14,17H,1-3H3,(H,21,24)(H,26,27);1H;;1H2/q;;;+1;/p-1/t11?,13-,14-,15+,18-;13-,14+,17-;;;/m11.../s1. The van der Waals surface area contributed by atoms with Gasteiger partial charge in [-0.25, -0.2) is 9.59 Å². The summed E-state index contributed by atoms with van der Waals surface area (Å²) in [6.45, 7) is 11.8. The fraction of sp³-hybridized carbons (Fsp3) is 0.450. The van der Waals surface area contributed by atoms with E-state index in [-0.39, 0.29) is 71.1 Å². The molecule has 4 aliphatic rings. The molecule has 4 aliphatic heterocycles. The number of thioether (sulfide) groups is 2. The van der Waals surface area contributed by atoms with Crippen molar-refractivity contribution in [3.63, 3.8) is 0 Å². The van der Waals surface area contributed by atoms with Crippen LogP contribution < -0.4 is 51.0 Å². The molecule has 8 atom stereocenters. The van der Waals surface area contributed by atoms with Gasteiger partial charge in [0, 0.05) is 22.0 Å². The molecule has 7 rings (SSSR count). The predicted molar refractivity (Wildman–Crippen MR) is 230 cm³/mol. The molecule has 0 radical (unpaired) electrons. The smallest absolute Gasteiger partial charge is 0.548 e. The van der Waals surface area contributed by atoms with E-state index in [1.54, 1.807) is 90.1 Å². The van der Waals surface area contributed by atoms with Crippen LogP contribution in [0.15, 0.2) is 59.1 Å². The van der Waals surface area contributed by atoms with E-state index < -0.39 is 98.5 Å². The summed E-state index contributed by atoms with van der Waals surface area (Å²) in [5.41, 5.74) is 7.65. The zero-order valence-corrected chi connectivity index (χ0v) is 41.1. The van der Waals surface area contributed by atoms with Gasteiger partial charge in [0.1, 0.15) is 51.9 Å². The number of benzene rings is 2. The second-order valence-corrected chi connectivity index (χ2v) is 19.4. The monoisotopic (exact) mass is 976 g/mol. The first-order chi connectivity index (χ1) is 28.7. The normalized spacial score (nSPS) is 23.8. The molecule has 3 aromatic rings. The van der Waals surface area contributed by atoms with E-state index in [0.717, 1.165) is 0 Å². The Hall–Kier alpha value is -4.06. The summed E-state index contributed by atoms with van der Waals surface area (Å²) in [6, 6.07) is 11.2. The maximum Gasteiger partial charge on any atom is 1.00 e. The van der Waals surface area contributed by atoms with Crippen molar-refractivity contribution in [2.75, 3.05) is 6.61 Å². The Bertz CT molecular complexity index is 2260. The summed E-state index contributed by atoms with van der Waals surface area (Å²) < 4.78 is 18.5. The van der Waals surface area contributed by atoms with Gasteiger partial charge >= 0.3 is 41.7 Å². The number of fused-ring (bicyclic) bond motifs is 2. The number of carbonyl (C=O) groups excluding carboxylic acids is 7. The molecule has 1 aromatic heterocycles. The first kappa shape index (κ1) is 54.3. The van der Waals surface area contributed by atoms with Crippen molar-refractivity contribution in [1.82, 2.24) is 25.6 Å². The summed E-state index contributed by atoms with van der Waals surface area (Å²) in [5, 5.41) is 20.4. The number of amides is 4. The van der Waals surface area contributed by atoms with Gasteiger partial charge < -0.3 is 60.3 Å². The van der Waals surface area contributed by atoms with Crippen molar-refractivity contribution in [2.24, 2.45) is 5.73 Å². The van der Waals surface area contributed by atoms with Gasteiger partial charge in [-0.05, 0) is 53.2 Å². The van der Waals surface area contributed by atoms with E-state index in [1.165, 1.54) is 40.2 Å². The minimum absolute atomic E-state index is 0. The zero-order chi connectivity index (χ0) is 44.7. The molecule has 4 saturated heterocycles. The van der Waals surface area contributed by atoms with Gasteiger partial charge in [0.15, 0.2) is 0 Å². The maximum atomic E-state index is 13.0. The largest absolute Gasteiger partial charge is 1.00 e. The second kappa shape index (κ2) is 21.5. The Balaban J connectivity index is 0.000000326. The SMILES string of the molecule is CCOC(=O)OC(C)OC(=O)[C@@H]1N2C(=O)[C@@H](NC(=O)[C@H](N)c3ccccc3)[C@H]2SC1(C)C.Cc1onc(-c2ccccc2Cl)c1C(=O)N[C@@H]1C(=O)N2[C@@H]1SC(C)(C)[C@@H]2C(=O)[O-].Cl.O.[Na+]. The number of aryl methyl sites for hydroxylation is 1. The molecule has 6 N–H and O–H groups in total. The van der Waals surface area contributed by atoms with E-state index in [0.29, 0.717) is 16.1 Å². The van der Waals surface area contributed by atoms with Crippen LogP contribution in [0.25, 0.3) is 11.3 Å². The molecule has 4 fully saturated rings. The van der Waals surface area contributed by atoms with Crippen LogP contribution in [0.1, 0.15) is 69.3 Å². The Kier molecular flexibility index (Phi) is 18.2. The van der Waals surface area contributed by atoms with Gasteiger partial charge in [-0.1, -0.05) is 65.3 Å². The van der Waals surface area contributed by atoms with E-state index in [9.17, 15) is 38.7 Å². The number of carboxylic acids is 1. The Labute approximate surface area is 409 Å². The number of carbonyl (C=O) groups is 7. The third-order valence-electron chi connectivity index (χ3n) is 10.4. The fourth-order valence-electron chi connectivity index (χ4n) is 7.54. The summed E-state index contributed by atoms with van der Waals surface area (Å²) in [6.07, 6.45) is -2.14. The zero-order valence-electron chi connectivity index (χ0n) is 35.9. The van der Waals surface area contributed by atoms with E-state index in [1.807, 2.05) is 6.07 Å². The number of nitrogens with two attached hydrogens (primary N) is 1. The number of hydrogen-bond acceptors (Lipinski definition) is 16. The van der Waals surface area contributed by atoms with E-state index >= 15 is 0 Å². The molecule has 64 heavy (non-hydrogen) atoms. The number of aromatic nitrogens is 1. The number of β-lactam (4-membered cyclic amide) rings is 2. The summed E-state index contributed by atoms with van der Waals surface area (Å²) in [7, 11) is 0. The molecule has 0 aliphatic carbocycles. The number of nitrogens with one attached hydrogen (secondary N) is 2. The Morgan fingerprint density at radius 3 is 2.00 bits per heavy atom. The molecule has 2 aromatic carbocycles. The molecule has 19 nitrogen and oxygen atoms in total. The molecule has 1 unspecified atom stereocenters. The van der Waals surface area contributed by atoms with Crippen molar-refractivity contribution in [2.45, 2.75) is 105 Å². The van der Waals surface area contributed by atoms with Crippen LogP contribution in [-0.2, 0) is 38.2 Å². The number of ether oxygens (including phenoxy) is 3. The number of rotatable bonds is 11. The molecular weight excluding hydrogens is 930 g/mol. The number of aliphatic carboxylic acids is 1. The number of halogens is 2. The summed E-state index contributed by atoms with van der Waals surface area (Å²) >= 11 is 8.93. The average Bonchev–Trinajstić information content (AvgIpc) is 3.80. The van der Waals surface area contributed by atoms with Gasteiger partial charge in [0.2, 0.25) is 24.0 Å². The number of hydrogen-bond donors (Lipinski definition) is 3. The summed E-state index contributed by atoms with van der Waals surface area (Å²) in [4.78, 5) is 89.4. The van der Waals surface area contributed by atoms with E-state index in [2.05, 4.69) is 20.5 Å². The van der Waals surface area contributed by atoms with Crippen molar-refractivity contribution >= 4 is 89.3 Å². The molecule has 0 spiro atoms. The van der Waals surface area contributed by atoms with E-state index in [4.69, 9.17) is 31.3 Å². The third kappa shape index (κ3) is 10.6. The van der Waals surface area contributed by atoms with Gasteiger partial charge in [0.05, 0.1) is 23.6 Å². The van der Waals surface area contributed by atoms with Gasteiger partial charge in [0.25, 0.3) is 5.91 Å².